The molecule has 4 aromatic rings. The van der Waals surface area contributed by atoms with Gasteiger partial charge in [-0.25, -0.2) is 14.6 Å². The number of carbonyl (C=O) groups is 1. The molecule has 3 aromatic heterocycles. The Bertz CT molecular complexity index is 994. The number of thiazole rings is 1. The fourth-order valence-electron chi connectivity index (χ4n) is 2.42. The molecule has 1 N–H and O–H groups in total. The molecule has 0 radical (unpaired) electrons. The first kappa shape index (κ1) is 16.2. The van der Waals surface area contributed by atoms with E-state index < -0.39 is 0 Å². The summed E-state index contributed by atoms with van der Waals surface area (Å²) in [6.07, 6.45) is 6.88. The number of hydrogen-bond donors (Lipinski definition) is 1. The van der Waals surface area contributed by atoms with E-state index in [1.54, 1.807) is 23.3 Å². The van der Waals surface area contributed by atoms with Crippen molar-refractivity contribution in [2.75, 3.05) is 0 Å². The molecule has 0 aliphatic rings. The second kappa shape index (κ2) is 7.28. The summed E-state index contributed by atoms with van der Waals surface area (Å²) in [7, 11) is 0. The van der Waals surface area contributed by atoms with Crippen molar-refractivity contribution in [1.82, 2.24) is 25.1 Å². The van der Waals surface area contributed by atoms with Crippen LogP contribution in [-0.4, -0.2) is 25.7 Å². The van der Waals surface area contributed by atoms with Crippen LogP contribution in [-0.2, 0) is 6.54 Å². The lowest BCUT2D eigenvalue weighted by molar-refractivity contribution is 0.0954. The molecule has 1 aromatic carbocycles. The van der Waals surface area contributed by atoms with Crippen LogP contribution in [0, 0.1) is 0 Å². The largest absolute Gasteiger partial charge is 0.347 e. The fraction of sp³-hybridized carbons (Fsp3) is 0.0526. The van der Waals surface area contributed by atoms with E-state index in [0.29, 0.717) is 11.4 Å². The van der Waals surface area contributed by atoms with E-state index in [4.69, 9.17) is 0 Å². The van der Waals surface area contributed by atoms with Crippen molar-refractivity contribution in [3.05, 3.63) is 83.8 Å². The van der Waals surface area contributed by atoms with Crippen molar-refractivity contribution in [3.8, 4) is 16.4 Å². The van der Waals surface area contributed by atoms with Gasteiger partial charge in [0, 0.05) is 30.7 Å². The van der Waals surface area contributed by atoms with Gasteiger partial charge in [0.2, 0.25) is 0 Å². The molecule has 0 saturated carbocycles. The standard InChI is InChI=1S/C19H15N5OS/c25-18(16-13-22-19(26-16)15-5-2-1-3-6-15)21-12-14-7-8-17(20-11-14)24-10-4-9-23-24/h1-11,13H,12H2,(H,21,25). The van der Waals surface area contributed by atoms with Gasteiger partial charge in [0.25, 0.3) is 5.91 Å². The molecule has 0 saturated heterocycles. The van der Waals surface area contributed by atoms with E-state index in [9.17, 15) is 4.79 Å². The number of hydrogen-bond acceptors (Lipinski definition) is 5. The molecular weight excluding hydrogens is 346 g/mol. The van der Waals surface area contributed by atoms with Gasteiger partial charge in [-0.3, -0.25) is 4.79 Å². The molecule has 0 fully saturated rings. The maximum absolute atomic E-state index is 12.3. The Morgan fingerprint density at radius 3 is 2.65 bits per heavy atom. The Kier molecular flexibility index (Phi) is 4.53. The number of carbonyl (C=O) groups excluding carboxylic acids is 1. The second-order valence-electron chi connectivity index (χ2n) is 5.55. The summed E-state index contributed by atoms with van der Waals surface area (Å²) in [6, 6.07) is 15.5. The molecular formula is C19H15N5OS. The molecule has 128 valence electrons. The minimum atomic E-state index is -0.138. The van der Waals surface area contributed by atoms with Gasteiger partial charge in [0.05, 0.1) is 6.20 Å². The smallest absolute Gasteiger partial charge is 0.263 e. The molecule has 0 atom stereocenters. The summed E-state index contributed by atoms with van der Waals surface area (Å²) in [6.45, 7) is 0.407. The van der Waals surface area contributed by atoms with Crippen LogP contribution in [0.5, 0.6) is 0 Å². The minimum absolute atomic E-state index is 0.138. The van der Waals surface area contributed by atoms with Gasteiger partial charge in [-0.1, -0.05) is 36.4 Å². The van der Waals surface area contributed by atoms with Crippen LogP contribution in [0.15, 0.2) is 73.3 Å². The van der Waals surface area contributed by atoms with E-state index in [0.717, 1.165) is 22.0 Å². The molecule has 7 heteroatoms. The van der Waals surface area contributed by atoms with E-state index in [-0.39, 0.29) is 5.91 Å². The summed E-state index contributed by atoms with van der Waals surface area (Å²) in [5.74, 6) is 0.598. The van der Waals surface area contributed by atoms with E-state index in [1.165, 1.54) is 11.3 Å². The van der Waals surface area contributed by atoms with Crippen LogP contribution in [0.3, 0.4) is 0 Å². The van der Waals surface area contributed by atoms with E-state index >= 15 is 0 Å². The zero-order valence-corrected chi connectivity index (χ0v) is 14.6. The summed E-state index contributed by atoms with van der Waals surface area (Å²) in [4.78, 5) is 21.6. The van der Waals surface area contributed by atoms with Crippen LogP contribution in [0.2, 0.25) is 0 Å². The van der Waals surface area contributed by atoms with Crippen molar-refractivity contribution in [1.29, 1.82) is 0 Å². The van der Waals surface area contributed by atoms with E-state index in [1.807, 2.05) is 54.7 Å². The number of rotatable bonds is 5. The number of nitrogens with zero attached hydrogens (tertiary/aromatic N) is 4. The third-order valence-corrected chi connectivity index (χ3v) is 4.80. The first-order valence-corrected chi connectivity index (χ1v) is 8.85. The van der Waals surface area contributed by atoms with Crippen LogP contribution >= 0.6 is 11.3 Å². The fourth-order valence-corrected chi connectivity index (χ4v) is 3.26. The van der Waals surface area contributed by atoms with Crippen LogP contribution in [0.25, 0.3) is 16.4 Å². The van der Waals surface area contributed by atoms with Gasteiger partial charge in [0.15, 0.2) is 5.82 Å². The zero-order valence-electron chi connectivity index (χ0n) is 13.7. The normalized spacial score (nSPS) is 10.6. The average Bonchev–Trinajstić information content (AvgIpc) is 3.39. The van der Waals surface area contributed by atoms with Crippen molar-refractivity contribution in [2.24, 2.45) is 0 Å². The summed E-state index contributed by atoms with van der Waals surface area (Å²) in [5, 5.41) is 7.87. The summed E-state index contributed by atoms with van der Waals surface area (Å²) in [5.41, 5.74) is 1.93. The van der Waals surface area contributed by atoms with Crippen molar-refractivity contribution in [2.45, 2.75) is 6.54 Å². The lowest BCUT2D eigenvalue weighted by Gasteiger charge is -2.05. The van der Waals surface area contributed by atoms with Crippen molar-refractivity contribution in [3.63, 3.8) is 0 Å². The maximum Gasteiger partial charge on any atom is 0.263 e. The first-order valence-electron chi connectivity index (χ1n) is 8.04. The first-order chi connectivity index (χ1) is 12.8. The quantitative estimate of drug-likeness (QED) is 0.592. The Morgan fingerprint density at radius 1 is 1.04 bits per heavy atom. The third-order valence-electron chi connectivity index (χ3n) is 3.75. The predicted molar refractivity (Wildman–Crippen MR) is 100 cm³/mol. The highest BCUT2D eigenvalue weighted by Crippen LogP contribution is 2.24. The van der Waals surface area contributed by atoms with Gasteiger partial charge in [-0.15, -0.1) is 11.3 Å². The number of pyridine rings is 1. The minimum Gasteiger partial charge on any atom is -0.347 e. The van der Waals surface area contributed by atoms with Crippen molar-refractivity contribution < 1.29 is 4.79 Å². The topological polar surface area (TPSA) is 72.7 Å². The highest BCUT2D eigenvalue weighted by Gasteiger charge is 2.11. The Morgan fingerprint density at radius 2 is 1.92 bits per heavy atom. The van der Waals surface area contributed by atoms with Gasteiger partial charge in [-0.05, 0) is 17.7 Å². The lowest BCUT2D eigenvalue weighted by atomic mass is 10.2. The molecule has 1 amide bonds. The predicted octanol–water partition coefficient (Wildman–Crippen LogP) is 3.32. The summed E-state index contributed by atoms with van der Waals surface area (Å²) >= 11 is 1.38. The number of benzene rings is 1. The summed E-state index contributed by atoms with van der Waals surface area (Å²) < 4.78 is 1.69. The van der Waals surface area contributed by atoms with Crippen molar-refractivity contribution >= 4 is 17.2 Å². The Balaban J connectivity index is 1.39. The average molecular weight is 361 g/mol. The lowest BCUT2D eigenvalue weighted by Crippen LogP contribution is -2.21. The molecule has 0 aliphatic heterocycles. The maximum atomic E-state index is 12.3. The van der Waals surface area contributed by atoms with Gasteiger partial charge >= 0.3 is 0 Å². The molecule has 3 heterocycles. The molecule has 0 aliphatic carbocycles. The molecule has 6 nitrogen and oxygen atoms in total. The number of aromatic nitrogens is 4. The van der Waals surface area contributed by atoms with Gasteiger partial charge < -0.3 is 5.32 Å². The van der Waals surface area contributed by atoms with Gasteiger partial charge in [0.1, 0.15) is 9.88 Å². The SMILES string of the molecule is O=C(NCc1ccc(-n2cccn2)nc1)c1cnc(-c2ccccc2)s1. The highest BCUT2D eigenvalue weighted by molar-refractivity contribution is 7.16. The molecule has 26 heavy (non-hydrogen) atoms. The molecule has 4 rings (SSSR count). The number of nitrogens with one attached hydrogen (secondary N) is 1. The van der Waals surface area contributed by atoms with E-state index in [2.05, 4.69) is 20.4 Å². The Labute approximate surface area is 154 Å². The van der Waals surface area contributed by atoms with Crippen LogP contribution < -0.4 is 5.32 Å². The van der Waals surface area contributed by atoms with Crippen LogP contribution in [0.1, 0.15) is 15.2 Å². The second-order valence-corrected chi connectivity index (χ2v) is 6.58. The molecule has 0 bridgehead atoms. The highest BCUT2D eigenvalue weighted by atomic mass is 32.1. The Hall–Kier alpha value is -3.32. The third kappa shape index (κ3) is 3.52. The zero-order chi connectivity index (χ0) is 17.8. The molecule has 0 spiro atoms. The van der Waals surface area contributed by atoms with Gasteiger partial charge in [-0.2, -0.15) is 5.10 Å². The monoisotopic (exact) mass is 361 g/mol. The van der Waals surface area contributed by atoms with Crippen LogP contribution in [0.4, 0.5) is 0 Å². The molecule has 0 unspecified atom stereocenters. The number of amides is 1.